The summed E-state index contributed by atoms with van der Waals surface area (Å²) in [4.78, 5) is 39.7. The predicted octanol–water partition coefficient (Wildman–Crippen LogP) is 2.59. The number of aliphatic hydroxyl groups excluding tert-OH is 1. The molecule has 1 atom stereocenters. The first-order valence-corrected chi connectivity index (χ1v) is 11.3. The lowest BCUT2D eigenvalue weighted by molar-refractivity contribution is -0.138. The number of aliphatic hydroxyl groups is 1. The third-order valence-corrected chi connectivity index (χ3v) is 6.56. The number of carboxylic acids is 1. The lowest BCUT2D eigenvalue weighted by atomic mass is 10.2. The Balaban J connectivity index is 1.44. The number of nitrogens with one attached hydrogen (secondary N) is 1. The van der Waals surface area contributed by atoms with Crippen LogP contribution >= 0.6 is 0 Å². The van der Waals surface area contributed by atoms with Crippen LogP contribution in [0, 0.1) is 0 Å². The van der Waals surface area contributed by atoms with Gasteiger partial charge in [0.25, 0.3) is 5.56 Å². The molecular formula is C23H26N6O4. The lowest BCUT2D eigenvalue weighted by Gasteiger charge is -2.23. The highest BCUT2D eigenvalue weighted by Crippen LogP contribution is 2.31. The zero-order valence-electron chi connectivity index (χ0n) is 18.1. The minimum atomic E-state index is -0.822. The molecule has 0 amide bonds. The van der Waals surface area contributed by atoms with E-state index in [1.165, 1.54) is 0 Å². The van der Waals surface area contributed by atoms with Crippen molar-refractivity contribution in [2.24, 2.45) is 0 Å². The highest BCUT2D eigenvalue weighted by atomic mass is 16.4. The third kappa shape index (κ3) is 4.02. The van der Waals surface area contributed by atoms with Crippen LogP contribution in [0.25, 0.3) is 11.0 Å². The standard InChI is InChI=1S/C23H26N6O4/c30-13-15-10-14-11-25-23(27-20(14)29(21(15)31)16-4-1-2-5-16)26-19-8-7-17(12-24-19)28-9-3-6-18(28)22(32)33/h7-8,10-12,16,18,30H,1-6,9,13H2,(H,32,33)(H,24,25,26,27)/t18-/m0/s1. The van der Waals surface area contributed by atoms with Crippen LogP contribution in [0.4, 0.5) is 17.5 Å². The zero-order valence-corrected chi connectivity index (χ0v) is 18.1. The number of rotatable bonds is 6. The van der Waals surface area contributed by atoms with Crippen LogP contribution in [0.5, 0.6) is 0 Å². The normalized spacial score (nSPS) is 18.8. The van der Waals surface area contributed by atoms with Crippen molar-refractivity contribution in [3.05, 3.63) is 46.5 Å². The van der Waals surface area contributed by atoms with E-state index in [0.717, 1.165) is 37.8 Å². The second-order valence-corrected chi connectivity index (χ2v) is 8.63. The first kappa shape index (κ1) is 21.3. The molecule has 1 saturated heterocycles. The number of anilines is 3. The van der Waals surface area contributed by atoms with E-state index in [1.54, 1.807) is 29.1 Å². The van der Waals surface area contributed by atoms with Crippen molar-refractivity contribution >= 4 is 34.5 Å². The van der Waals surface area contributed by atoms with Gasteiger partial charge in [0.05, 0.1) is 18.5 Å². The summed E-state index contributed by atoms with van der Waals surface area (Å²) < 4.78 is 1.71. The smallest absolute Gasteiger partial charge is 0.326 e. The Kier molecular flexibility index (Phi) is 5.67. The van der Waals surface area contributed by atoms with Crippen LogP contribution in [0.15, 0.2) is 35.4 Å². The zero-order chi connectivity index (χ0) is 22.9. The average molecular weight is 450 g/mol. The van der Waals surface area contributed by atoms with Gasteiger partial charge in [0.2, 0.25) is 5.95 Å². The van der Waals surface area contributed by atoms with Gasteiger partial charge in [-0.05, 0) is 43.9 Å². The molecule has 0 bridgehead atoms. The van der Waals surface area contributed by atoms with Crippen molar-refractivity contribution in [3.63, 3.8) is 0 Å². The molecule has 0 unspecified atom stereocenters. The van der Waals surface area contributed by atoms with Crippen LogP contribution in [0.3, 0.4) is 0 Å². The number of hydrogen-bond donors (Lipinski definition) is 3. The van der Waals surface area contributed by atoms with Gasteiger partial charge in [0, 0.05) is 29.7 Å². The Labute approximate surface area is 189 Å². The third-order valence-electron chi connectivity index (χ3n) is 6.56. The molecule has 33 heavy (non-hydrogen) atoms. The van der Waals surface area contributed by atoms with E-state index in [9.17, 15) is 19.8 Å². The number of pyridine rings is 2. The fraction of sp³-hybridized carbons (Fsp3) is 0.435. The Morgan fingerprint density at radius 1 is 1.12 bits per heavy atom. The maximum atomic E-state index is 13.0. The maximum Gasteiger partial charge on any atom is 0.326 e. The Bertz CT molecular complexity index is 1240. The molecule has 3 aromatic heterocycles. The summed E-state index contributed by atoms with van der Waals surface area (Å²) in [6.07, 6.45) is 8.70. The van der Waals surface area contributed by atoms with Gasteiger partial charge in [0.1, 0.15) is 17.5 Å². The summed E-state index contributed by atoms with van der Waals surface area (Å²) in [5.41, 5.74) is 1.44. The molecule has 5 rings (SSSR count). The Morgan fingerprint density at radius 3 is 2.64 bits per heavy atom. The molecule has 1 aliphatic carbocycles. The van der Waals surface area contributed by atoms with Gasteiger partial charge in [-0.2, -0.15) is 4.98 Å². The number of aliphatic carboxylic acids is 1. The van der Waals surface area contributed by atoms with Crippen molar-refractivity contribution in [3.8, 4) is 0 Å². The van der Waals surface area contributed by atoms with E-state index in [4.69, 9.17) is 0 Å². The van der Waals surface area contributed by atoms with Gasteiger partial charge >= 0.3 is 5.97 Å². The molecule has 0 radical (unpaired) electrons. The van der Waals surface area contributed by atoms with Gasteiger partial charge < -0.3 is 20.4 Å². The number of aromatic nitrogens is 4. The second-order valence-electron chi connectivity index (χ2n) is 8.63. The summed E-state index contributed by atoms with van der Waals surface area (Å²) in [6, 6.07) is 4.79. The number of nitrogens with zero attached hydrogens (tertiary/aromatic N) is 5. The number of hydrogen-bond acceptors (Lipinski definition) is 8. The summed E-state index contributed by atoms with van der Waals surface area (Å²) in [5.74, 6) is 0.0121. The SMILES string of the molecule is O=C(O)[C@@H]1CCCN1c1ccc(Nc2ncc3cc(CO)c(=O)n(C4CCCC4)c3n2)nc1. The number of fused-ring (bicyclic) bond motifs is 1. The van der Waals surface area contributed by atoms with Crippen LogP contribution < -0.4 is 15.8 Å². The van der Waals surface area contributed by atoms with Crippen molar-refractivity contribution in [1.82, 2.24) is 19.5 Å². The first-order valence-electron chi connectivity index (χ1n) is 11.3. The maximum absolute atomic E-state index is 13.0. The van der Waals surface area contributed by atoms with Crippen LogP contribution in [-0.4, -0.2) is 48.3 Å². The van der Waals surface area contributed by atoms with Crippen molar-refractivity contribution in [2.45, 2.75) is 57.2 Å². The largest absolute Gasteiger partial charge is 0.480 e. The molecule has 2 fully saturated rings. The van der Waals surface area contributed by atoms with E-state index in [2.05, 4.69) is 20.3 Å². The molecular weight excluding hydrogens is 424 g/mol. The predicted molar refractivity (Wildman–Crippen MR) is 123 cm³/mol. The van der Waals surface area contributed by atoms with Gasteiger partial charge in [-0.1, -0.05) is 12.8 Å². The molecule has 10 nitrogen and oxygen atoms in total. The monoisotopic (exact) mass is 450 g/mol. The Hall–Kier alpha value is -3.53. The topological polar surface area (TPSA) is 133 Å². The van der Waals surface area contributed by atoms with Crippen LogP contribution in [0.1, 0.15) is 50.1 Å². The molecule has 1 saturated carbocycles. The van der Waals surface area contributed by atoms with Crippen LogP contribution in [0.2, 0.25) is 0 Å². The van der Waals surface area contributed by atoms with E-state index in [1.807, 2.05) is 11.0 Å². The fourth-order valence-corrected chi connectivity index (χ4v) is 4.93. The molecule has 172 valence electrons. The number of carboxylic acid groups (broad SMARTS) is 1. The van der Waals surface area contributed by atoms with Crippen molar-refractivity contribution < 1.29 is 15.0 Å². The summed E-state index contributed by atoms with van der Waals surface area (Å²) >= 11 is 0. The van der Waals surface area contributed by atoms with Gasteiger partial charge in [0.15, 0.2) is 0 Å². The molecule has 3 N–H and O–H groups in total. The molecule has 3 aromatic rings. The van der Waals surface area contributed by atoms with Crippen molar-refractivity contribution in [1.29, 1.82) is 0 Å². The average Bonchev–Trinajstić information content (AvgIpc) is 3.52. The molecule has 0 aromatic carbocycles. The number of carbonyl (C=O) groups is 1. The van der Waals surface area contributed by atoms with E-state index in [0.29, 0.717) is 41.3 Å². The minimum absolute atomic E-state index is 0.0642. The molecule has 2 aliphatic rings. The van der Waals surface area contributed by atoms with Crippen molar-refractivity contribution in [2.75, 3.05) is 16.8 Å². The van der Waals surface area contributed by atoms with E-state index < -0.39 is 12.0 Å². The second kappa shape index (κ2) is 8.78. The summed E-state index contributed by atoms with van der Waals surface area (Å²) in [5, 5.41) is 22.8. The fourth-order valence-electron chi connectivity index (χ4n) is 4.93. The summed E-state index contributed by atoms with van der Waals surface area (Å²) in [6.45, 7) is 0.366. The van der Waals surface area contributed by atoms with Gasteiger partial charge in [-0.15, -0.1) is 0 Å². The Morgan fingerprint density at radius 2 is 1.94 bits per heavy atom. The minimum Gasteiger partial charge on any atom is -0.480 e. The first-order chi connectivity index (χ1) is 16.0. The molecule has 1 aliphatic heterocycles. The van der Waals surface area contributed by atoms with Crippen LogP contribution in [-0.2, 0) is 11.4 Å². The van der Waals surface area contributed by atoms with E-state index >= 15 is 0 Å². The molecule has 4 heterocycles. The molecule has 10 heteroatoms. The quantitative estimate of drug-likeness (QED) is 0.518. The lowest BCUT2D eigenvalue weighted by Crippen LogP contribution is -2.35. The summed E-state index contributed by atoms with van der Waals surface area (Å²) in [7, 11) is 0. The van der Waals surface area contributed by atoms with Gasteiger partial charge in [-0.25, -0.2) is 14.8 Å². The van der Waals surface area contributed by atoms with Gasteiger partial charge in [-0.3, -0.25) is 9.36 Å². The highest BCUT2D eigenvalue weighted by Gasteiger charge is 2.30. The highest BCUT2D eigenvalue weighted by molar-refractivity contribution is 5.79. The molecule has 0 spiro atoms. The van der Waals surface area contributed by atoms with E-state index in [-0.39, 0.29) is 18.2 Å².